The minimum Gasteiger partial charge on any atom is -0.460 e. The number of aliphatic hydroxyl groups is 3. The van der Waals surface area contributed by atoms with Crippen LogP contribution in [0.4, 0.5) is 0 Å². The molecule has 0 aromatic rings. The Balaban J connectivity index is 0.000000560. The number of aliphatic hydroxyl groups excluding tert-OH is 3. The molecule has 2 rings (SSSR count). The molecule has 7 N–H and O–H groups in total. The molecule has 10 atom stereocenters. The average Bonchev–Trinajstić information content (AvgIpc) is 3.05. The molecule has 16 nitrogen and oxygen atoms in total. The highest BCUT2D eigenvalue weighted by atomic mass is 16.7. The molecule has 0 spiro atoms. The summed E-state index contributed by atoms with van der Waals surface area (Å²) in [4.78, 5) is 46.3. The van der Waals surface area contributed by atoms with E-state index in [0.29, 0.717) is 26.2 Å². The second-order valence-corrected chi connectivity index (χ2v) is 14.4. The van der Waals surface area contributed by atoms with Gasteiger partial charge in [0.15, 0.2) is 12.6 Å². The van der Waals surface area contributed by atoms with Gasteiger partial charge in [0.25, 0.3) is 0 Å². The first kappa shape index (κ1) is 47.6. The van der Waals surface area contributed by atoms with Crippen molar-refractivity contribution in [3.05, 3.63) is 0 Å². The van der Waals surface area contributed by atoms with Gasteiger partial charge in [0.05, 0.1) is 12.7 Å². The van der Waals surface area contributed by atoms with E-state index in [9.17, 15) is 29.4 Å². The van der Waals surface area contributed by atoms with E-state index in [1.165, 1.54) is 20.8 Å². The van der Waals surface area contributed by atoms with Gasteiger partial charge >= 0.3 is 11.9 Å². The molecule has 2 aliphatic heterocycles. The van der Waals surface area contributed by atoms with Gasteiger partial charge in [0.1, 0.15) is 42.1 Å². The normalized spacial score (nSPS) is 28.9. The van der Waals surface area contributed by atoms with Gasteiger partial charge in [0.2, 0.25) is 11.8 Å². The fourth-order valence-corrected chi connectivity index (χ4v) is 5.99. The maximum Gasteiger partial charge on any atom is 0.306 e. The molecule has 0 aromatic heterocycles. The molecule has 0 bridgehead atoms. The number of hydrogen-bond donors (Lipinski definition) is 6. The SMILES string of the molecule is CC(=O)N[C@@H]1[C@H](OCCCCCN)O[C@H](CO)[C@H](O)[C@@H]1O.CC[C@H]1O[C@@H](OCCCCCCC(=O)OC(C)(C)C)[C@@H](NC(C)=O)[C@@H](OC(C)=O)[C@H]1C. The van der Waals surface area contributed by atoms with Crippen molar-refractivity contribution >= 4 is 23.8 Å². The van der Waals surface area contributed by atoms with Crippen LogP contribution >= 0.6 is 0 Å². The lowest BCUT2D eigenvalue weighted by Gasteiger charge is -2.44. The van der Waals surface area contributed by atoms with E-state index in [2.05, 4.69) is 10.6 Å². The molecule has 2 saturated heterocycles. The summed E-state index contributed by atoms with van der Waals surface area (Å²) >= 11 is 0. The predicted molar refractivity (Wildman–Crippen MR) is 190 cm³/mol. The van der Waals surface area contributed by atoms with Gasteiger partial charge < -0.3 is 60.1 Å². The van der Waals surface area contributed by atoms with Crippen LogP contribution in [0, 0.1) is 5.92 Å². The molecule has 16 heteroatoms. The summed E-state index contributed by atoms with van der Waals surface area (Å²) in [7, 11) is 0. The number of unbranched alkanes of at least 4 members (excludes halogenated alkanes) is 5. The number of nitrogens with one attached hydrogen (secondary N) is 2. The Morgan fingerprint density at radius 1 is 0.769 bits per heavy atom. The lowest BCUT2D eigenvalue weighted by molar-refractivity contribution is -0.270. The first-order valence-electron chi connectivity index (χ1n) is 18.6. The molecule has 0 aliphatic carbocycles. The Morgan fingerprint density at radius 3 is 1.79 bits per heavy atom. The summed E-state index contributed by atoms with van der Waals surface area (Å²) in [5.41, 5.74) is 4.95. The van der Waals surface area contributed by atoms with Crippen LogP contribution < -0.4 is 16.4 Å². The van der Waals surface area contributed by atoms with Crippen LogP contribution in [0.3, 0.4) is 0 Å². The molecular formula is C36H67N3O13. The largest absolute Gasteiger partial charge is 0.460 e. The highest BCUT2D eigenvalue weighted by molar-refractivity contribution is 5.74. The Hall–Kier alpha value is -2.44. The van der Waals surface area contributed by atoms with Gasteiger partial charge in [-0.1, -0.05) is 26.7 Å². The number of hydrogen-bond acceptors (Lipinski definition) is 14. The van der Waals surface area contributed by atoms with Crippen molar-refractivity contribution in [1.82, 2.24) is 10.6 Å². The van der Waals surface area contributed by atoms with E-state index >= 15 is 0 Å². The van der Waals surface area contributed by atoms with Crippen molar-refractivity contribution in [2.75, 3.05) is 26.4 Å². The van der Waals surface area contributed by atoms with E-state index in [-0.39, 0.29) is 29.8 Å². The standard InChI is InChI=1S/C23H41NO7.C13H26N2O6/c1-8-18-15(2)21(29-17(4)26)20(24-16(3)25)22(30-18)28-14-12-10-9-11-13-19(27)31-23(5,6)7;1-8(17)15-10-12(19)11(18)9(7-16)21-13(10)20-6-4-2-3-5-14/h15,18,20-22H,8-14H2,1-7H3,(H,24,25);9-13,16,18-19H,2-7,14H2,1H3,(H,15,17)/t15-,18+,20-,21-,22+;9-,10+,11+,12-,13-/m01/s1. The lowest BCUT2D eigenvalue weighted by Crippen LogP contribution is -2.64. The zero-order valence-electron chi connectivity index (χ0n) is 32.5. The molecule has 2 fully saturated rings. The summed E-state index contributed by atoms with van der Waals surface area (Å²) in [5.74, 6) is -1.24. The minimum atomic E-state index is -1.29. The van der Waals surface area contributed by atoms with Crippen molar-refractivity contribution in [2.24, 2.45) is 11.7 Å². The maximum absolute atomic E-state index is 11.7. The van der Waals surface area contributed by atoms with Crippen LogP contribution in [0.25, 0.3) is 0 Å². The Labute approximate surface area is 309 Å². The molecule has 2 aliphatic rings. The zero-order chi connectivity index (χ0) is 39.4. The summed E-state index contributed by atoms with van der Waals surface area (Å²) in [6.45, 7) is 14.6. The highest BCUT2D eigenvalue weighted by Gasteiger charge is 2.47. The van der Waals surface area contributed by atoms with Crippen LogP contribution in [-0.2, 0) is 47.6 Å². The van der Waals surface area contributed by atoms with E-state index in [0.717, 1.165) is 51.4 Å². The number of nitrogens with two attached hydrogens (primary N) is 1. The lowest BCUT2D eigenvalue weighted by atomic mass is 9.87. The van der Waals surface area contributed by atoms with Gasteiger partial charge in [-0.05, 0) is 65.8 Å². The quantitative estimate of drug-likeness (QED) is 0.0813. The van der Waals surface area contributed by atoms with Crippen LogP contribution in [0.5, 0.6) is 0 Å². The molecule has 0 radical (unpaired) electrons. The van der Waals surface area contributed by atoms with Gasteiger partial charge in [0, 0.05) is 46.3 Å². The van der Waals surface area contributed by atoms with Crippen molar-refractivity contribution < 1.29 is 62.9 Å². The molecular weight excluding hydrogens is 682 g/mol. The number of ether oxygens (including phenoxy) is 6. The molecule has 52 heavy (non-hydrogen) atoms. The summed E-state index contributed by atoms with van der Waals surface area (Å²) in [6.07, 6.45) is 1.35. The zero-order valence-corrected chi connectivity index (χ0v) is 32.5. The number of carbonyl (C=O) groups excluding carboxylic acids is 4. The van der Waals surface area contributed by atoms with Crippen molar-refractivity contribution in [3.8, 4) is 0 Å². The first-order valence-corrected chi connectivity index (χ1v) is 18.6. The molecule has 2 amide bonds. The summed E-state index contributed by atoms with van der Waals surface area (Å²) in [6, 6.07) is -1.44. The maximum atomic E-state index is 11.7. The van der Waals surface area contributed by atoms with E-state index in [1.54, 1.807) is 0 Å². The summed E-state index contributed by atoms with van der Waals surface area (Å²) in [5, 5.41) is 34.4. The predicted octanol–water partition coefficient (Wildman–Crippen LogP) is 1.58. The number of carbonyl (C=O) groups is 4. The van der Waals surface area contributed by atoms with Crippen LogP contribution in [0.1, 0.15) is 113 Å². The second kappa shape index (κ2) is 24.8. The van der Waals surface area contributed by atoms with Crippen LogP contribution in [-0.4, -0.2) is 126 Å². The Bertz CT molecular complexity index is 1060. The van der Waals surface area contributed by atoms with E-state index in [1.807, 2.05) is 34.6 Å². The van der Waals surface area contributed by atoms with E-state index < -0.39 is 67.3 Å². The minimum absolute atomic E-state index is 0.0709. The Morgan fingerprint density at radius 2 is 1.29 bits per heavy atom. The van der Waals surface area contributed by atoms with Gasteiger partial charge in [-0.2, -0.15) is 0 Å². The third kappa shape index (κ3) is 18.1. The second-order valence-electron chi connectivity index (χ2n) is 14.4. The monoisotopic (exact) mass is 749 g/mol. The van der Waals surface area contributed by atoms with Crippen molar-refractivity contribution in [1.29, 1.82) is 0 Å². The van der Waals surface area contributed by atoms with Gasteiger partial charge in [-0.15, -0.1) is 0 Å². The fraction of sp³-hybridized carbons (Fsp3) is 0.889. The van der Waals surface area contributed by atoms with Crippen LogP contribution in [0.2, 0.25) is 0 Å². The van der Waals surface area contributed by atoms with Gasteiger partial charge in [-0.25, -0.2) is 0 Å². The summed E-state index contributed by atoms with van der Waals surface area (Å²) < 4.78 is 33.8. The molecule has 0 aromatic carbocycles. The number of amides is 2. The Kier molecular flexibility index (Phi) is 22.7. The third-order valence-electron chi connectivity index (χ3n) is 8.49. The number of rotatable bonds is 19. The van der Waals surface area contributed by atoms with Gasteiger partial charge in [-0.3, -0.25) is 19.2 Å². The van der Waals surface area contributed by atoms with Crippen molar-refractivity contribution in [3.63, 3.8) is 0 Å². The number of esters is 2. The highest BCUT2D eigenvalue weighted by Crippen LogP contribution is 2.31. The smallest absolute Gasteiger partial charge is 0.306 e. The fourth-order valence-electron chi connectivity index (χ4n) is 5.99. The molecule has 0 unspecified atom stereocenters. The van der Waals surface area contributed by atoms with E-state index in [4.69, 9.17) is 39.3 Å². The molecule has 2 heterocycles. The third-order valence-corrected chi connectivity index (χ3v) is 8.49. The average molecular weight is 750 g/mol. The topological polar surface area (TPSA) is 234 Å². The van der Waals surface area contributed by atoms with Crippen LogP contribution in [0.15, 0.2) is 0 Å². The first-order chi connectivity index (χ1) is 24.4. The molecule has 304 valence electrons. The van der Waals surface area contributed by atoms with Crippen molar-refractivity contribution in [2.45, 2.75) is 174 Å². The molecule has 0 saturated carbocycles.